The van der Waals surface area contributed by atoms with E-state index in [-0.39, 0.29) is 5.91 Å². The third-order valence-electron chi connectivity index (χ3n) is 2.38. The lowest BCUT2D eigenvalue weighted by Gasteiger charge is -2.21. The molecule has 0 aromatic heterocycles. The molecule has 1 atom stereocenters. The van der Waals surface area contributed by atoms with Crippen LogP contribution in [-0.4, -0.2) is 43.7 Å². The largest absolute Gasteiger partial charge is 0.380 e. The van der Waals surface area contributed by atoms with E-state index >= 15 is 0 Å². The number of nitrogens with one attached hydrogen (secondary N) is 1. The molecule has 0 aliphatic carbocycles. The molecule has 5 heteroatoms. The predicted octanol–water partition coefficient (Wildman–Crippen LogP) is -0.913. The van der Waals surface area contributed by atoms with E-state index < -0.39 is 0 Å². The van der Waals surface area contributed by atoms with Crippen LogP contribution in [0.5, 0.6) is 0 Å². The molecule has 76 valence electrons. The van der Waals surface area contributed by atoms with Gasteiger partial charge in [0.15, 0.2) is 0 Å². The van der Waals surface area contributed by atoms with Crippen molar-refractivity contribution in [3.8, 4) is 0 Å². The van der Waals surface area contributed by atoms with Crippen LogP contribution in [-0.2, 0) is 9.53 Å². The molecule has 1 rings (SSSR count). The lowest BCUT2D eigenvalue weighted by molar-refractivity contribution is -0.121. The minimum absolute atomic E-state index is 0.120. The zero-order valence-electron chi connectivity index (χ0n) is 7.95. The van der Waals surface area contributed by atoms with Gasteiger partial charge in [0.05, 0.1) is 6.61 Å². The predicted molar refractivity (Wildman–Crippen MR) is 48.8 cm³/mol. The van der Waals surface area contributed by atoms with Gasteiger partial charge in [-0.1, -0.05) is 0 Å². The monoisotopic (exact) mass is 187 g/mol. The number of rotatable bonds is 4. The Morgan fingerprint density at radius 3 is 3.08 bits per heavy atom. The van der Waals surface area contributed by atoms with Crippen LogP contribution in [0, 0.1) is 0 Å². The molecule has 1 aliphatic heterocycles. The van der Waals surface area contributed by atoms with Gasteiger partial charge in [-0.3, -0.25) is 10.2 Å². The Balaban J connectivity index is 2.16. The van der Waals surface area contributed by atoms with Gasteiger partial charge in [-0.05, 0) is 13.5 Å². The Morgan fingerprint density at radius 2 is 2.54 bits per heavy atom. The number of likely N-dealkylation sites (N-methyl/N-ethyl adjacent to an activating group) is 1. The summed E-state index contributed by atoms with van der Waals surface area (Å²) in [6.07, 6.45) is 1.50. The van der Waals surface area contributed by atoms with Gasteiger partial charge in [-0.15, -0.1) is 0 Å². The van der Waals surface area contributed by atoms with Crippen molar-refractivity contribution in [2.45, 2.75) is 18.9 Å². The van der Waals surface area contributed by atoms with Gasteiger partial charge in [0, 0.05) is 25.6 Å². The van der Waals surface area contributed by atoms with Crippen molar-refractivity contribution in [1.29, 1.82) is 0 Å². The number of hydrogen-bond donors (Lipinski definition) is 2. The molecule has 0 radical (unpaired) electrons. The van der Waals surface area contributed by atoms with E-state index in [2.05, 4.69) is 10.3 Å². The van der Waals surface area contributed by atoms with E-state index in [1.165, 1.54) is 0 Å². The number of amides is 1. The quantitative estimate of drug-likeness (QED) is 0.339. The summed E-state index contributed by atoms with van der Waals surface area (Å²) < 4.78 is 5.24. The van der Waals surface area contributed by atoms with E-state index in [0.29, 0.717) is 12.5 Å². The van der Waals surface area contributed by atoms with Crippen LogP contribution in [0.3, 0.4) is 0 Å². The summed E-state index contributed by atoms with van der Waals surface area (Å²) >= 11 is 0. The topological polar surface area (TPSA) is 67.6 Å². The normalized spacial score (nSPS) is 22.2. The van der Waals surface area contributed by atoms with Crippen molar-refractivity contribution < 1.29 is 9.53 Å². The number of nitrogens with two attached hydrogens (primary N) is 1. The summed E-state index contributed by atoms with van der Waals surface area (Å²) in [5.74, 6) is 4.85. The van der Waals surface area contributed by atoms with Gasteiger partial charge in [-0.25, -0.2) is 5.84 Å². The van der Waals surface area contributed by atoms with Crippen molar-refractivity contribution in [3.63, 3.8) is 0 Å². The third kappa shape index (κ3) is 3.30. The number of ether oxygens (including phenoxy) is 1. The lowest BCUT2D eigenvalue weighted by atomic mass is 10.2. The number of carbonyl (C=O) groups is 1. The van der Waals surface area contributed by atoms with Crippen LogP contribution >= 0.6 is 0 Å². The second kappa shape index (κ2) is 5.16. The highest BCUT2D eigenvalue weighted by Crippen LogP contribution is 2.10. The zero-order valence-corrected chi connectivity index (χ0v) is 7.95. The molecule has 0 bridgehead atoms. The second-order valence-electron chi connectivity index (χ2n) is 3.32. The first-order valence-electron chi connectivity index (χ1n) is 4.51. The SMILES string of the molecule is CN(CCC(=O)NN)C1CCOC1. The molecule has 1 fully saturated rings. The van der Waals surface area contributed by atoms with Crippen molar-refractivity contribution in [2.75, 3.05) is 26.8 Å². The number of carbonyl (C=O) groups excluding carboxylic acids is 1. The van der Waals surface area contributed by atoms with Gasteiger partial charge in [0.2, 0.25) is 5.91 Å². The minimum atomic E-state index is -0.120. The Labute approximate surface area is 78.2 Å². The summed E-state index contributed by atoms with van der Waals surface area (Å²) in [6.45, 7) is 2.34. The van der Waals surface area contributed by atoms with E-state index in [1.807, 2.05) is 7.05 Å². The molecular weight excluding hydrogens is 170 g/mol. The van der Waals surface area contributed by atoms with Crippen molar-refractivity contribution in [3.05, 3.63) is 0 Å². The fraction of sp³-hybridized carbons (Fsp3) is 0.875. The zero-order chi connectivity index (χ0) is 9.68. The van der Waals surface area contributed by atoms with Crippen LogP contribution in [0.25, 0.3) is 0 Å². The number of hydrogen-bond acceptors (Lipinski definition) is 4. The molecule has 13 heavy (non-hydrogen) atoms. The third-order valence-corrected chi connectivity index (χ3v) is 2.38. The Kier molecular flexibility index (Phi) is 4.14. The maximum absolute atomic E-state index is 10.8. The van der Waals surface area contributed by atoms with Crippen LogP contribution in [0.2, 0.25) is 0 Å². The second-order valence-corrected chi connectivity index (χ2v) is 3.32. The van der Waals surface area contributed by atoms with Crippen LogP contribution in [0.4, 0.5) is 0 Å². The van der Waals surface area contributed by atoms with Gasteiger partial charge in [0.1, 0.15) is 0 Å². The Bertz CT molecular complexity index is 169. The first-order chi connectivity index (χ1) is 6.24. The molecule has 1 aliphatic rings. The number of nitrogens with zero attached hydrogens (tertiary/aromatic N) is 1. The van der Waals surface area contributed by atoms with E-state index in [0.717, 1.165) is 26.2 Å². The molecule has 0 saturated carbocycles. The highest BCUT2D eigenvalue weighted by atomic mass is 16.5. The van der Waals surface area contributed by atoms with Crippen LogP contribution < -0.4 is 11.3 Å². The summed E-state index contributed by atoms with van der Waals surface area (Å²) in [5, 5.41) is 0. The standard InChI is InChI=1S/C8H17N3O2/c1-11(4-2-8(12)10-9)7-3-5-13-6-7/h7H,2-6,9H2,1H3,(H,10,12). The maximum atomic E-state index is 10.8. The van der Waals surface area contributed by atoms with Crippen molar-refractivity contribution in [2.24, 2.45) is 5.84 Å². The molecule has 1 heterocycles. The highest BCUT2D eigenvalue weighted by molar-refractivity contribution is 5.75. The van der Waals surface area contributed by atoms with Crippen LogP contribution in [0.1, 0.15) is 12.8 Å². The molecule has 3 N–H and O–H groups in total. The van der Waals surface area contributed by atoms with E-state index in [9.17, 15) is 4.79 Å². The summed E-state index contributed by atoms with van der Waals surface area (Å²) in [4.78, 5) is 13.0. The first kappa shape index (κ1) is 10.4. The first-order valence-corrected chi connectivity index (χ1v) is 4.51. The van der Waals surface area contributed by atoms with Crippen molar-refractivity contribution >= 4 is 5.91 Å². The smallest absolute Gasteiger partial charge is 0.235 e. The number of hydrazine groups is 1. The molecule has 1 saturated heterocycles. The molecular formula is C8H17N3O2. The Morgan fingerprint density at radius 1 is 1.77 bits per heavy atom. The molecule has 1 unspecified atom stereocenters. The fourth-order valence-corrected chi connectivity index (χ4v) is 1.40. The highest BCUT2D eigenvalue weighted by Gasteiger charge is 2.20. The average molecular weight is 187 g/mol. The van der Waals surface area contributed by atoms with E-state index in [4.69, 9.17) is 10.6 Å². The van der Waals surface area contributed by atoms with Gasteiger partial charge in [0.25, 0.3) is 0 Å². The molecule has 0 aromatic rings. The van der Waals surface area contributed by atoms with Gasteiger partial charge >= 0.3 is 0 Å². The molecule has 5 nitrogen and oxygen atoms in total. The van der Waals surface area contributed by atoms with Crippen LogP contribution in [0.15, 0.2) is 0 Å². The summed E-state index contributed by atoms with van der Waals surface area (Å²) in [6, 6.07) is 0.463. The Hall–Kier alpha value is -0.650. The van der Waals surface area contributed by atoms with Crippen molar-refractivity contribution in [1.82, 2.24) is 10.3 Å². The minimum Gasteiger partial charge on any atom is -0.380 e. The van der Waals surface area contributed by atoms with Gasteiger partial charge in [-0.2, -0.15) is 0 Å². The molecule has 0 spiro atoms. The molecule has 1 amide bonds. The maximum Gasteiger partial charge on any atom is 0.235 e. The lowest BCUT2D eigenvalue weighted by Crippen LogP contribution is -2.37. The molecule has 0 aromatic carbocycles. The summed E-state index contributed by atoms with van der Waals surface area (Å²) in [5.41, 5.74) is 2.11. The average Bonchev–Trinajstić information content (AvgIpc) is 2.66. The van der Waals surface area contributed by atoms with E-state index in [1.54, 1.807) is 0 Å². The fourth-order valence-electron chi connectivity index (χ4n) is 1.40. The van der Waals surface area contributed by atoms with Gasteiger partial charge < -0.3 is 9.64 Å². The summed E-state index contributed by atoms with van der Waals surface area (Å²) in [7, 11) is 2.00.